The third kappa shape index (κ3) is 1.89. The van der Waals surface area contributed by atoms with E-state index in [4.69, 9.17) is 0 Å². The molecule has 0 atom stereocenters. The van der Waals surface area contributed by atoms with E-state index < -0.39 is 0 Å². The van der Waals surface area contributed by atoms with Gasteiger partial charge in [0.2, 0.25) is 5.88 Å². The standard InChI is InChI=1S/C13H13NO2S/c15-12-11(17-13(16)14-12)10-6-5-8-3-1-2-4-9(8)7-10/h5-7,15H,1-4H2,(H,14,16). The van der Waals surface area contributed by atoms with E-state index in [0.29, 0.717) is 4.88 Å². The van der Waals surface area contributed by atoms with E-state index in [0.717, 1.165) is 29.7 Å². The quantitative estimate of drug-likeness (QED) is 0.814. The van der Waals surface area contributed by atoms with Crippen molar-refractivity contribution < 1.29 is 5.11 Å². The second-order valence-electron chi connectivity index (χ2n) is 4.38. The summed E-state index contributed by atoms with van der Waals surface area (Å²) in [5.74, 6) is -0.0178. The fourth-order valence-electron chi connectivity index (χ4n) is 2.39. The first-order chi connectivity index (χ1) is 8.24. The Labute approximate surface area is 103 Å². The van der Waals surface area contributed by atoms with Gasteiger partial charge in [-0.2, -0.15) is 0 Å². The largest absolute Gasteiger partial charge is 0.493 e. The number of thiazole rings is 1. The molecule has 0 unspecified atom stereocenters. The van der Waals surface area contributed by atoms with Gasteiger partial charge in [-0.05, 0) is 48.4 Å². The molecule has 3 nitrogen and oxygen atoms in total. The third-order valence-corrected chi connectivity index (χ3v) is 4.16. The van der Waals surface area contributed by atoms with Gasteiger partial charge in [0.25, 0.3) is 0 Å². The maximum Gasteiger partial charge on any atom is 0.307 e. The van der Waals surface area contributed by atoms with Crippen LogP contribution in [0.2, 0.25) is 0 Å². The van der Waals surface area contributed by atoms with E-state index in [2.05, 4.69) is 17.1 Å². The maximum absolute atomic E-state index is 11.2. The molecule has 88 valence electrons. The number of fused-ring (bicyclic) bond motifs is 1. The van der Waals surface area contributed by atoms with Crippen LogP contribution in [0, 0.1) is 0 Å². The van der Waals surface area contributed by atoms with Gasteiger partial charge in [0.15, 0.2) is 0 Å². The molecule has 0 bridgehead atoms. The Morgan fingerprint density at radius 3 is 2.65 bits per heavy atom. The molecule has 0 saturated carbocycles. The van der Waals surface area contributed by atoms with E-state index in [-0.39, 0.29) is 10.8 Å². The smallest absolute Gasteiger partial charge is 0.307 e. The molecule has 3 rings (SSSR count). The third-order valence-electron chi connectivity index (χ3n) is 3.24. The van der Waals surface area contributed by atoms with Crippen molar-refractivity contribution in [2.24, 2.45) is 0 Å². The van der Waals surface area contributed by atoms with Gasteiger partial charge in [-0.1, -0.05) is 23.5 Å². The second kappa shape index (κ2) is 4.04. The van der Waals surface area contributed by atoms with Crippen molar-refractivity contribution in [1.82, 2.24) is 4.98 Å². The SMILES string of the molecule is O=c1[nH]c(O)c(-c2ccc3c(c2)CCCC3)s1. The number of aryl methyl sites for hydroxylation is 2. The lowest BCUT2D eigenvalue weighted by atomic mass is 9.90. The van der Waals surface area contributed by atoms with Gasteiger partial charge in [0.05, 0.1) is 4.88 Å². The molecular formula is C13H13NO2S. The van der Waals surface area contributed by atoms with Gasteiger partial charge in [0, 0.05) is 0 Å². The number of aromatic amines is 1. The fourth-order valence-corrected chi connectivity index (χ4v) is 3.12. The molecule has 1 aliphatic rings. The van der Waals surface area contributed by atoms with Crippen LogP contribution in [0.25, 0.3) is 10.4 Å². The highest BCUT2D eigenvalue weighted by atomic mass is 32.1. The van der Waals surface area contributed by atoms with Crippen molar-refractivity contribution in [3.8, 4) is 16.3 Å². The number of hydrogen-bond acceptors (Lipinski definition) is 3. The van der Waals surface area contributed by atoms with Crippen LogP contribution in [-0.4, -0.2) is 10.1 Å². The number of nitrogens with one attached hydrogen (secondary N) is 1. The summed E-state index contributed by atoms with van der Waals surface area (Å²) in [6.45, 7) is 0. The molecule has 2 aromatic rings. The van der Waals surface area contributed by atoms with Crippen molar-refractivity contribution in [1.29, 1.82) is 0 Å². The minimum atomic E-state index is -0.213. The minimum Gasteiger partial charge on any atom is -0.493 e. The first-order valence-electron chi connectivity index (χ1n) is 5.78. The monoisotopic (exact) mass is 247 g/mol. The molecule has 1 aliphatic carbocycles. The topological polar surface area (TPSA) is 53.1 Å². The van der Waals surface area contributed by atoms with Crippen molar-refractivity contribution in [3.05, 3.63) is 39.0 Å². The van der Waals surface area contributed by atoms with Gasteiger partial charge in [-0.15, -0.1) is 0 Å². The van der Waals surface area contributed by atoms with Crippen LogP contribution in [0.1, 0.15) is 24.0 Å². The van der Waals surface area contributed by atoms with E-state index in [1.807, 2.05) is 6.07 Å². The predicted octanol–water partition coefficient (Wildman–Crippen LogP) is 2.69. The number of hydrogen-bond donors (Lipinski definition) is 2. The van der Waals surface area contributed by atoms with Crippen molar-refractivity contribution in [3.63, 3.8) is 0 Å². The zero-order valence-corrected chi connectivity index (χ0v) is 10.1. The van der Waals surface area contributed by atoms with Crippen LogP contribution >= 0.6 is 11.3 Å². The highest BCUT2D eigenvalue weighted by Crippen LogP contribution is 2.33. The molecule has 1 aromatic heterocycles. The Morgan fingerprint density at radius 1 is 1.18 bits per heavy atom. The summed E-state index contributed by atoms with van der Waals surface area (Å²) < 4.78 is 0. The van der Waals surface area contributed by atoms with Gasteiger partial charge in [-0.3, -0.25) is 9.78 Å². The van der Waals surface area contributed by atoms with Crippen molar-refractivity contribution in [2.45, 2.75) is 25.7 Å². The zero-order valence-electron chi connectivity index (χ0n) is 9.32. The highest BCUT2D eigenvalue weighted by molar-refractivity contribution is 7.13. The van der Waals surface area contributed by atoms with Crippen LogP contribution in [0.3, 0.4) is 0 Å². The number of aromatic hydroxyl groups is 1. The molecule has 1 heterocycles. The molecule has 0 aliphatic heterocycles. The summed E-state index contributed by atoms with van der Waals surface area (Å²) in [5.41, 5.74) is 3.70. The Kier molecular flexibility index (Phi) is 2.52. The summed E-state index contributed by atoms with van der Waals surface area (Å²) >= 11 is 1.06. The zero-order chi connectivity index (χ0) is 11.8. The van der Waals surface area contributed by atoms with Crippen LogP contribution in [-0.2, 0) is 12.8 Å². The molecule has 0 amide bonds. The van der Waals surface area contributed by atoms with E-state index in [9.17, 15) is 9.90 Å². The van der Waals surface area contributed by atoms with Crippen molar-refractivity contribution in [2.75, 3.05) is 0 Å². The predicted molar refractivity (Wildman–Crippen MR) is 68.7 cm³/mol. The Balaban J connectivity index is 2.09. The van der Waals surface area contributed by atoms with Crippen LogP contribution in [0.4, 0.5) is 0 Å². The first kappa shape index (κ1) is 10.6. The molecular weight excluding hydrogens is 234 g/mol. The Morgan fingerprint density at radius 2 is 1.94 bits per heavy atom. The number of aromatic nitrogens is 1. The Hall–Kier alpha value is -1.55. The summed E-state index contributed by atoms with van der Waals surface area (Å²) in [7, 11) is 0. The van der Waals surface area contributed by atoms with E-state index >= 15 is 0 Å². The fraction of sp³-hybridized carbons (Fsp3) is 0.308. The lowest BCUT2D eigenvalue weighted by Crippen LogP contribution is -2.01. The summed E-state index contributed by atoms with van der Waals surface area (Å²) in [5, 5.41) is 9.64. The molecule has 0 fully saturated rings. The molecule has 0 radical (unpaired) electrons. The van der Waals surface area contributed by atoms with Gasteiger partial charge < -0.3 is 5.11 Å². The summed E-state index contributed by atoms with van der Waals surface area (Å²) in [6.07, 6.45) is 4.73. The van der Waals surface area contributed by atoms with Crippen molar-refractivity contribution >= 4 is 11.3 Å². The lowest BCUT2D eigenvalue weighted by Gasteiger charge is -2.16. The van der Waals surface area contributed by atoms with E-state index in [1.165, 1.54) is 24.0 Å². The normalized spacial score (nSPS) is 14.6. The molecule has 17 heavy (non-hydrogen) atoms. The summed E-state index contributed by atoms with van der Waals surface area (Å²) in [4.78, 5) is 14.0. The van der Waals surface area contributed by atoms with Crippen LogP contribution < -0.4 is 4.87 Å². The first-order valence-corrected chi connectivity index (χ1v) is 6.60. The average molecular weight is 247 g/mol. The molecule has 4 heteroatoms. The number of rotatable bonds is 1. The van der Waals surface area contributed by atoms with Gasteiger partial charge in [-0.25, -0.2) is 0 Å². The number of H-pyrrole nitrogens is 1. The highest BCUT2D eigenvalue weighted by Gasteiger charge is 2.13. The second-order valence-corrected chi connectivity index (χ2v) is 5.37. The Bertz CT molecular complexity index is 612. The molecule has 1 aromatic carbocycles. The van der Waals surface area contributed by atoms with Gasteiger partial charge in [0.1, 0.15) is 0 Å². The van der Waals surface area contributed by atoms with Gasteiger partial charge >= 0.3 is 4.87 Å². The maximum atomic E-state index is 11.2. The minimum absolute atomic E-state index is 0.0178. The van der Waals surface area contributed by atoms with Crippen LogP contribution in [0.5, 0.6) is 5.88 Å². The van der Waals surface area contributed by atoms with E-state index in [1.54, 1.807) is 0 Å². The average Bonchev–Trinajstić information content (AvgIpc) is 2.68. The molecule has 2 N–H and O–H groups in total. The summed E-state index contributed by atoms with van der Waals surface area (Å²) in [6, 6.07) is 6.21. The molecule has 0 spiro atoms. The molecule has 0 saturated heterocycles. The number of benzene rings is 1. The lowest BCUT2D eigenvalue weighted by molar-refractivity contribution is 0.458. The van der Waals surface area contributed by atoms with Crippen LogP contribution in [0.15, 0.2) is 23.0 Å².